The van der Waals surface area contributed by atoms with E-state index in [0.29, 0.717) is 12.1 Å². The van der Waals surface area contributed by atoms with Crippen LogP contribution >= 0.6 is 0 Å². The highest BCUT2D eigenvalue weighted by Gasteiger charge is 2.25. The number of nitrogens with one attached hydrogen (secondary N) is 1. The van der Waals surface area contributed by atoms with Crippen LogP contribution in [0.3, 0.4) is 0 Å². The normalized spacial score (nSPS) is 15.5. The summed E-state index contributed by atoms with van der Waals surface area (Å²) in [7, 11) is 3.79. The van der Waals surface area contributed by atoms with Gasteiger partial charge in [0.25, 0.3) is 0 Å². The maximum Gasteiger partial charge on any atom is 0.316 e. The largest absolute Gasteiger partial charge is 0.467 e. The Hall–Kier alpha value is -2.90. The molecule has 7 heteroatoms. The van der Waals surface area contributed by atoms with E-state index < -0.39 is 0 Å². The van der Waals surface area contributed by atoms with Crippen LogP contribution in [0.15, 0.2) is 48.9 Å². The Labute approximate surface area is 190 Å². The zero-order chi connectivity index (χ0) is 22.2. The Bertz CT molecular complexity index is 997. The predicted octanol–water partition coefficient (Wildman–Crippen LogP) is 3.51. The highest BCUT2D eigenvalue weighted by atomic mass is 16.5. The summed E-state index contributed by atoms with van der Waals surface area (Å²) in [4.78, 5) is 20.5. The molecule has 4 rings (SSSR count). The van der Waals surface area contributed by atoms with Crippen LogP contribution in [0.2, 0.25) is 0 Å². The lowest BCUT2D eigenvalue weighted by atomic mass is 9.91. The Morgan fingerprint density at radius 3 is 2.88 bits per heavy atom. The maximum atomic E-state index is 5.29. The second kappa shape index (κ2) is 11.1. The van der Waals surface area contributed by atoms with Crippen molar-refractivity contribution in [3.8, 4) is 6.01 Å². The van der Waals surface area contributed by atoms with Gasteiger partial charge in [0, 0.05) is 37.2 Å². The summed E-state index contributed by atoms with van der Waals surface area (Å²) < 4.78 is 5.29. The van der Waals surface area contributed by atoms with Crippen LogP contribution in [0.1, 0.15) is 53.5 Å². The summed E-state index contributed by atoms with van der Waals surface area (Å²) in [6.07, 6.45) is 11.0. The third kappa shape index (κ3) is 5.66. The quantitative estimate of drug-likeness (QED) is 0.491. The van der Waals surface area contributed by atoms with Crippen molar-refractivity contribution in [2.45, 2.75) is 51.2 Å². The van der Waals surface area contributed by atoms with Crippen molar-refractivity contribution in [2.24, 2.45) is 0 Å². The first-order valence-corrected chi connectivity index (χ1v) is 11.4. The van der Waals surface area contributed by atoms with Gasteiger partial charge in [-0.3, -0.25) is 14.9 Å². The van der Waals surface area contributed by atoms with E-state index in [2.05, 4.69) is 38.3 Å². The van der Waals surface area contributed by atoms with Gasteiger partial charge >= 0.3 is 6.01 Å². The number of methoxy groups -OCH3 is 1. The lowest BCUT2D eigenvalue weighted by molar-refractivity contribution is 0.207. The van der Waals surface area contributed by atoms with Crippen molar-refractivity contribution >= 4 is 0 Å². The number of hydrogen-bond donors (Lipinski definition) is 1. The van der Waals surface area contributed by atoms with Crippen molar-refractivity contribution in [2.75, 3.05) is 20.7 Å². The number of pyridine rings is 2. The van der Waals surface area contributed by atoms with Crippen LogP contribution in [0.4, 0.5) is 0 Å². The summed E-state index contributed by atoms with van der Waals surface area (Å²) >= 11 is 0. The summed E-state index contributed by atoms with van der Waals surface area (Å²) in [5.41, 5.74) is 5.86. The summed E-state index contributed by atoms with van der Waals surface area (Å²) in [6.45, 7) is 2.47. The molecule has 168 valence electrons. The Balaban J connectivity index is 1.38. The second-order valence-electron chi connectivity index (χ2n) is 8.30. The number of nitrogens with zero attached hydrogens (tertiary/aromatic N) is 5. The fraction of sp³-hybridized carbons (Fsp3) is 0.440. The van der Waals surface area contributed by atoms with Gasteiger partial charge in [0.05, 0.1) is 30.2 Å². The monoisotopic (exact) mass is 432 g/mol. The van der Waals surface area contributed by atoms with Gasteiger partial charge in [-0.25, -0.2) is 4.98 Å². The third-order valence-corrected chi connectivity index (χ3v) is 6.03. The first kappa shape index (κ1) is 22.3. The molecule has 0 saturated heterocycles. The average Bonchev–Trinajstić information content (AvgIpc) is 2.85. The van der Waals surface area contributed by atoms with Crippen molar-refractivity contribution in [1.82, 2.24) is 30.2 Å². The standard InChI is InChI=1S/C25H32N6O/c1-31(23-12-5-8-19-9-6-15-28-24(19)23)18-20-16-29-25(32-2)30-22(20)11-7-13-26-17-21-10-3-4-14-27-21/h3-4,6,9-10,14-16,23,26H,5,7-8,11-13,17-18H2,1-2H3. The molecule has 1 unspecified atom stereocenters. The molecule has 1 aliphatic carbocycles. The smallest absolute Gasteiger partial charge is 0.316 e. The lowest BCUT2D eigenvalue weighted by Gasteiger charge is -2.32. The van der Waals surface area contributed by atoms with Crippen LogP contribution < -0.4 is 10.1 Å². The fourth-order valence-corrected chi connectivity index (χ4v) is 4.36. The van der Waals surface area contributed by atoms with Crippen LogP contribution in [0, 0.1) is 0 Å². The SMILES string of the molecule is COc1ncc(CN(C)C2CCCc3cccnc32)c(CCCNCc2ccccn2)n1. The molecule has 1 N–H and O–H groups in total. The van der Waals surface area contributed by atoms with E-state index in [1.165, 1.54) is 17.7 Å². The lowest BCUT2D eigenvalue weighted by Crippen LogP contribution is -2.29. The Morgan fingerprint density at radius 2 is 2.03 bits per heavy atom. The molecule has 3 aromatic heterocycles. The van der Waals surface area contributed by atoms with Crippen molar-refractivity contribution in [3.05, 3.63) is 77.1 Å². The molecule has 32 heavy (non-hydrogen) atoms. The average molecular weight is 433 g/mol. The molecule has 0 fully saturated rings. The first-order chi connectivity index (χ1) is 15.7. The Morgan fingerprint density at radius 1 is 1.12 bits per heavy atom. The minimum Gasteiger partial charge on any atom is -0.467 e. The highest BCUT2D eigenvalue weighted by molar-refractivity contribution is 5.26. The summed E-state index contributed by atoms with van der Waals surface area (Å²) in [5, 5.41) is 3.47. The van der Waals surface area contributed by atoms with E-state index in [0.717, 1.165) is 62.3 Å². The van der Waals surface area contributed by atoms with Gasteiger partial charge < -0.3 is 10.1 Å². The molecule has 0 aliphatic heterocycles. The fourth-order valence-electron chi connectivity index (χ4n) is 4.36. The molecule has 7 nitrogen and oxygen atoms in total. The van der Waals surface area contributed by atoms with Gasteiger partial charge in [-0.15, -0.1) is 0 Å². The predicted molar refractivity (Wildman–Crippen MR) is 124 cm³/mol. The van der Waals surface area contributed by atoms with Crippen LogP contribution in [-0.4, -0.2) is 45.5 Å². The van der Waals surface area contributed by atoms with E-state index in [9.17, 15) is 0 Å². The van der Waals surface area contributed by atoms with Gasteiger partial charge in [-0.05, 0) is 69.5 Å². The van der Waals surface area contributed by atoms with Crippen molar-refractivity contribution in [3.63, 3.8) is 0 Å². The van der Waals surface area contributed by atoms with E-state index >= 15 is 0 Å². The van der Waals surface area contributed by atoms with Gasteiger partial charge in [-0.2, -0.15) is 4.98 Å². The zero-order valence-electron chi connectivity index (χ0n) is 19.0. The summed E-state index contributed by atoms with van der Waals surface area (Å²) in [6, 6.07) is 11.0. The van der Waals surface area contributed by atoms with Gasteiger partial charge in [-0.1, -0.05) is 12.1 Å². The zero-order valence-corrected chi connectivity index (χ0v) is 19.0. The number of aromatic nitrogens is 4. The molecule has 3 aromatic rings. The molecular formula is C25H32N6O. The molecule has 1 atom stereocenters. The number of rotatable bonds is 10. The molecule has 0 amide bonds. The van der Waals surface area contributed by atoms with Gasteiger partial charge in [0.2, 0.25) is 0 Å². The molecule has 0 saturated carbocycles. The van der Waals surface area contributed by atoms with Crippen LogP contribution in [-0.2, 0) is 25.9 Å². The summed E-state index contributed by atoms with van der Waals surface area (Å²) in [5.74, 6) is 0. The molecule has 0 radical (unpaired) electrons. The molecular weight excluding hydrogens is 400 g/mol. The number of aryl methyl sites for hydroxylation is 2. The van der Waals surface area contributed by atoms with E-state index in [1.54, 1.807) is 7.11 Å². The van der Waals surface area contributed by atoms with Crippen LogP contribution in [0.25, 0.3) is 0 Å². The number of fused-ring (bicyclic) bond motifs is 1. The minimum absolute atomic E-state index is 0.329. The molecule has 0 bridgehead atoms. The highest BCUT2D eigenvalue weighted by Crippen LogP contribution is 2.33. The number of ether oxygens (including phenoxy) is 1. The van der Waals surface area contributed by atoms with Gasteiger partial charge in [0.1, 0.15) is 0 Å². The van der Waals surface area contributed by atoms with Crippen molar-refractivity contribution < 1.29 is 4.74 Å². The van der Waals surface area contributed by atoms with E-state index in [1.807, 2.05) is 42.9 Å². The molecule has 0 spiro atoms. The van der Waals surface area contributed by atoms with Crippen LogP contribution in [0.5, 0.6) is 6.01 Å². The first-order valence-electron chi connectivity index (χ1n) is 11.4. The van der Waals surface area contributed by atoms with Gasteiger partial charge in [0.15, 0.2) is 0 Å². The molecule has 0 aromatic carbocycles. The Kier molecular flexibility index (Phi) is 7.74. The second-order valence-corrected chi connectivity index (χ2v) is 8.30. The topological polar surface area (TPSA) is 76.1 Å². The number of hydrogen-bond acceptors (Lipinski definition) is 7. The third-order valence-electron chi connectivity index (χ3n) is 6.03. The van der Waals surface area contributed by atoms with Crippen molar-refractivity contribution in [1.29, 1.82) is 0 Å². The van der Waals surface area contributed by atoms with E-state index in [-0.39, 0.29) is 0 Å². The molecule has 1 aliphatic rings. The minimum atomic E-state index is 0.329. The maximum absolute atomic E-state index is 5.29. The molecule has 3 heterocycles. The van der Waals surface area contributed by atoms with E-state index in [4.69, 9.17) is 9.72 Å².